The minimum absolute atomic E-state index is 0.257. The minimum Gasteiger partial charge on any atom is -0.387 e. The summed E-state index contributed by atoms with van der Waals surface area (Å²) in [6.45, 7) is 2.25. The van der Waals surface area contributed by atoms with Crippen molar-refractivity contribution < 1.29 is 5.11 Å². The summed E-state index contributed by atoms with van der Waals surface area (Å²) < 4.78 is 0. The molecular weight excluding hydrogens is 176 g/mol. The molecule has 0 spiro atoms. The van der Waals surface area contributed by atoms with Crippen molar-refractivity contribution >= 4 is 10.9 Å². The molecule has 3 heteroatoms. The van der Waals surface area contributed by atoms with Gasteiger partial charge in [-0.15, -0.1) is 0 Å². The second-order valence-corrected chi connectivity index (χ2v) is 3.47. The molecule has 2 aromatic rings. The van der Waals surface area contributed by atoms with Gasteiger partial charge in [0.1, 0.15) is 0 Å². The largest absolute Gasteiger partial charge is 0.387 e. The number of nitrogens with two attached hydrogens (primary N) is 1. The third kappa shape index (κ3) is 1.31. The highest BCUT2D eigenvalue weighted by atomic mass is 16.3. The number of fused-ring (bicyclic) bond motifs is 1. The van der Waals surface area contributed by atoms with Crippen LogP contribution >= 0.6 is 0 Å². The molecule has 0 fully saturated rings. The van der Waals surface area contributed by atoms with Crippen molar-refractivity contribution in [2.45, 2.75) is 13.0 Å². The molecule has 0 aliphatic heterocycles. The monoisotopic (exact) mass is 190 g/mol. The van der Waals surface area contributed by atoms with Crippen LogP contribution in [-0.4, -0.2) is 16.6 Å². The number of H-pyrrole nitrogens is 1. The van der Waals surface area contributed by atoms with Gasteiger partial charge in [0.15, 0.2) is 0 Å². The number of hydrogen-bond donors (Lipinski definition) is 3. The van der Waals surface area contributed by atoms with Crippen LogP contribution in [0.1, 0.15) is 17.2 Å². The van der Waals surface area contributed by atoms with E-state index >= 15 is 0 Å². The van der Waals surface area contributed by atoms with E-state index < -0.39 is 6.10 Å². The van der Waals surface area contributed by atoms with Gasteiger partial charge in [-0.1, -0.05) is 12.1 Å². The number of aryl methyl sites for hydroxylation is 1. The summed E-state index contributed by atoms with van der Waals surface area (Å²) in [4.78, 5) is 3.16. The van der Waals surface area contributed by atoms with Gasteiger partial charge in [-0.2, -0.15) is 0 Å². The van der Waals surface area contributed by atoms with Crippen LogP contribution in [0.15, 0.2) is 24.4 Å². The van der Waals surface area contributed by atoms with Gasteiger partial charge >= 0.3 is 0 Å². The average molecular weight is 190 g/mol. The van der Waals surface area contributed by atoms with Gasteiger partial charge in [0.05, 0.1) is 6.10 Å². The summed E-state index contributed by atoms with van der Waals surface area (Å²) in [7, 11) is 0. The molecule has 1 aromatic carbocycles. The third-order valence-corrected chi connectivity index (χ3v) is 2.61. The van der Waals surface area contributed by atoms with Crippen molar-refractivity contribution in [3.63, 3.8) is 0 Å². The first-order valence-electron chi connectivity index (χ1n) is 4.68. The van der Waals surface area contributed by atoms with E-state index in [1.165, 1.54) is 0 Å². The molecule has 1 atom stereocenters. The van der Waals surface area contributed by atoms with Gasteiger partial charge in [-0.25, -0.2) is 0 Å². The second-order valence-electron chi connectivity index (χ2n) is 3.47. The van der Waals surface area contributed by atoms with Gasteiger partial charge in [-0.3, -0.25) is 0 Å². The Kier molecular flexibility index (Phi) is 2.27. The Balaban J connectivity index is 2.61. The number of benzene rings is 1. The number of nitrogens with one attached hydrogen (secondary N) is 1. The van der Waals surface area contributed by atoms with E-state index in [1.54, 1.807) is 0 Å². The zero-order valence-electron chi connectivity index (χ0n) is 8.12. The molecule has 2 rings (SSSR count). The highest BCUT2D eigenvalue weighted by Crippen LogP contribution is 2.24. The molecule has 1 heterocycles. The first-order chi connectivity index (χ1) is 6.74. The Hall–Kier alpha value is -1.32. The molecule has 3 nitrogen and oxygen atoms in total. The summed E-state index contributed by atoms with van der Waals surface area (Å²) in [5.74, 6) is 0. The molecule has 0 radical (unpaired) electrons. The van der Waals surface area contributed by atoms with Gasteiger partial charge in [-0.05, 0) is 29.5 Å². The van der Waals surface area contributed by atoms with E-state index in [1.807, 2.05) is 31.3 Å². The van der Waals surface area contributed by atoms with E-state index in [0.29, 0.717) is 0 Å². The fraction of sp³-hybridized carbons (Fsp3) is 0.273. The lowest BCUT2D eigenvalue weighted by Crippen LogP contribution is -2.12. The lowest BCUT2D eigenvalue weighted by molar-refractivity contribution is 0.186. The highest BCUT2D eigenvalue weighted by molar-refractivity contribution is 5.83. The van der Waals surface area contributed by atoms with E-state index in [4.69, 9.17) is 5.73 Å². The highest BCUT2D eigenvalue weighted by Gasteiger charge is 2.10. The molecule has 0 aliphatic rings. The summed E-state index contributed by atoms with van der Waals surface area (Å²) in [5.41, 5.74) is 8.49. The molecule has 0 saturated carbocycles. The van der Waals surface area contributed by atoms with Crippen molar-refractivity contribution in [3.05, 3.63) is 35.5 Å². The summed E-state index contributed by atoms with van der Waals surface area (Å²) >= 11 is 0. The quantitative estimate of drug-likeness (QED) is 0.671. The lowest BCUT2D eigenvalue weighted by atomic mass is 10.0. The first kappa shape index (κ1) is 9.24. The predicted molar refractivity (Wildman–Crippen MR) is 57.0 cm³/mol. The second kappa shape index (κ2) is 3.44. The first-order valence-corrected chi connectivity index (χ1v) is 4.68. The Morgan fingerprint density at radius 3 is 2.93 bits per heavy atom. The van der Waals surface area contributed by atoms with Crippen molar-refractivity contribution in [3.8, 4) is 0 Å². The van der Waals surface area contributed by atoms with Gasteiger partial charge in [0.2, 0.25) is 0 Å². The normalized spacial score (nSPS) is 13.4. The lowest BCUT2D eigenvalue weighted by Gasteiger charge is -2.11. The van der Waals surface area contributed by atoms with Crippen molar-refractivity contribution in [2.75, 3.05) is 6.54 Å². The molecular formula is C11H14N2O. The molecule has 0 saturated heterocycles. The Labute approximate surface area is 82.6 Å². The maximum atomic E-state index is 9.67. The Morgan fingerprint density at radius 2 is 2.21 bits per heavy atom. The Morgan fingerprint density at radius 1 is 1.43 bits per heavy atom. The van der Waals surface area contributed by atoms with E-state index in [2.05, 4.69) is 4.98 Å². The fourth-order valence-corrected chi connectivity index (χ4v) is 1.78. The van der Waals surface area contributed by atoms with E-state index in [0.717, 1.165) is 22.0 Å². The minimum atomic E-state index is -0.567. The van der Waals surface area contributed by atoms with Crippen molar-refractivity contribution in [1.29, 1.82) is 0 Å². The van der Waals surface area contributed by atoms with Crippen LogP contribution in [0.5, 0.6) is 0 Å². The van der Waals surface area contributed by atoms with Crippen LogP contribution < -0.4 is 5.73 Å². The molecule has 1 aromatic heterocycles. The standard InChI is InChI=1S/C11H14N2O/c1-7-9(10(14)6-12)3-2-8-4-5-13-11(7)8/h2-5,10,13-14H,6,12H2,1H3. The molecule has 0 amide bonds. The summed E-state index contributed by atoms with van der Waals surface area (Å²) in [6.07, 6.45) is 1.33. The van der Waals surface area contributed by atoms with Crippen LogP contribution in [0.2, 0.25) is 0 Å². The van der Waals surface area contributed by atoms with E-state index in [-0.39, 0.29) is 6.54 Å². The summed E-state index contributed by atoms with van der Waals surface area (Å²) in [6, 6.07) is 5.94. The molecule has 0 bridgehead atoms. The maximum Gasteiger partial charge on any atom is 0.0915 e. The van der Waals surface area contributed by atoms with E-state index in [9.17, 15) is 5.11 Å². The number of aromatic nitrogens is 1. The number of aliphatic hydroxyl groups excluding tert-OH is 1. The smallest absolute Gasteiger partial charge is 0.0915 e. The van der Waals surface area contributed by atoms with Gasteiger partial charge < -0.3 is 15.8 Å². The zero-order chi connectivity index (χ0) is 10.1. The van der Waals surface area contributed by atoms with Crippen LogP contribution in [-0.2, 0) is 0 Å². The van der Waals surface area contributed by atoms with Gasteiger partial charge in [0, 0.05) is 18.3 Å². The average Bonchev–Trinajstić information content (AvgIpc) is 2.66. The van der Waals surface area contributed by atoms with Crippen molar-refractivity contribution in [2.24, 2.45) is 5.73 Å². The van der Waals surface area contributed by atoms with Crippen LogP contribution in [0.4, 0.5) is 0 Å². The zero-order valence-corrected chi connectivity index (χ0v) is 8.12. The SMILES string of the molecule is Cc1c(C(O)CN)ccc2cc[nH]c12. The molecule has 14 heavy (non-hydrogen) atoms. The number of aliphatic hydroxyl groups is 1. The number of hydrogen-bond acceptors (Lipinski definition) is 2. The van der Waals surface area contributed by atoms with Crippen LogP contribution in [0.25, 0.3) is 10.9 Å². The molecule has 1 unspecified atom stereocenters. The number of rotatable bonds is 2. The Bertz CT molecular complexity index is 447. The fourth-order valence-electron chi connectivity index (χ4n) is 1.78. The third-order valence-electron chi connectivity index (χ3n) is 2.61. The van der Waals surface area contributed by atoms with Gasteiger partial charge in [0.25, 0.3) is 0 Å². The van der Waals surface area contributed by atoms with Crippen LogP contribution in [0, 0.1) is 6.92 Å². The molecule has 0 aliphatic carbocycles. The predicted octanol–water partition coefficient (Wildman–Crippen LogP) is 1.47. The van der Waals surface area contributed by atoms with Crippen LogP contribution in [0.3, 0.4) is 0 Å². The maximum absolute atomic E-state index is 9.67. The number of aromatic amines is 1. The molecule has 74 valence electrons. The molecule has 4 N–H and O–H groups in total. The summed E-state index contributed by atoms with van der Waals surface area (Å²) in [5, 5.41) is 10.8. The topological polar surface area (TPSA) is 62.0 Å². The van der Waals surface area contributed by atoms with Crippen molar-refractivity contribution in [1.82, 2.24) is 4.98 Å².